The minimum absolute atomic E-state index is 0.0137. The first-order valence-electron chi connectivity index (χ1n) is 19.9. The van der Waals surface area contributed by atoms with Gasteiger partial charge in [0.15, 0.2) is 5.78 Å². The molecule has 3 aromatic carbocycles. The lowest BCUT2D eigenvalue weighted by molar-refractivity contribution is -0.162. The molecular formula is C46H56N2O10. The molecule has 2 amide bonds. The molecule has 0 aliphatic heterocycles. The summed E-state index contributed by atoms with van der Waals surface area (Å²) in [6.45, 7) is 10.5. The van der Waals surface area contributed by atoms with E-state index in [1.54, 1.807) is 53.7 Å². The summed E-state index contributed by atoms with van der Waals surface area (Å²) in [7, 11) is 1.17. The van der Waals surface area contributed by atoms with Crippen LogP contribution in [-0.4, -0.2) is 72.2 Å². The van der Waals surface area contributed by atoms with E-state index in [-0.39, 0.29) is 44.6 Å². The smallest absolute Gasteiger partial charge is 0.408 e. The Balaban J connectivity index is 1.38. The molecule has 5 rings (SSSR count). The highest BCUT2D eigenvalue weighted by Crippen LogP contribution is 2.44. The molecule has 1 saturated carbocycles. The molecule has 2 N–H and O–H groups in total. The van der Waals surface area contributed by atoms with Gasteiger partial charge in [0.25, 0.3) is 0 Å². The van der Waals surface area contributed by atoms with Crippen molar-refractivity contribution >= 4 is 35.7 Å². The Labute approximate surface area is 340 Å². The summed E-state index contributed by atoms with van der Waals surface area (Å²) in [4.78, 5) is 81.4. The van der Waals surface area contributed by atoms with Gasteiger partial charge in [-0.25, -0.2) is 4.79 Å². The molecule has 58 heavy (non-hydrogen) atoms. The number of nitrogens with one attached hydrogen (secondary N) is 2. The summed E-state index contributed by atoms with van der Waals surface area (Å²) < 4.78 is 21.9. The van der Waals surface area contributed by atoms with Gasteiger partial charge in [-0.1, -0.05) is 78.9 Å². The molecule has 0 radical (unpaired) electrons. The van der Waals surface area contributed by atoms with Gasteiger partial charge in [-0.15, -0.1) is 0 Å². The number of esters is 3. The van der Waals surface area contributed by atoms with Crippen molar-refractivity contribution in [2.45, 2.75) is 115 Å². The van der Waals surface area contributed by atoms with Crippen molar-refractivity contribution in [2.24, 2.45) is 11.8 Å². The second-order valence-corrected chi connectivity index (χ2v) is 17.2. The molecule has 2 aliphatic rings. The molecular weight excluding hydrogens is 741 g/mol. The first kappa shape index (κ1) is 43.6. The predicted octanol–water partition coefficient (Wildman–Crippen LogP) is 7.00. The van der Waals surface area contributed by atoms with E-state index in [0.29, 0.717) is 0 Å². The van der Waals surface area contributed by atoms with Crippen LogP contribution in [0, 0.1) is 11.8 Å². The van der Waals surface area contributed by atoms with E-state index < -0.39 is 83.2 Å². The molecule has 310 valence electrons. The highest BCUT2D eigenvalue weighted by atomic mass is 16.6. The van der Waals surface area contributed by atoms with E-state index in [4.69, 9.17) is 18.9 Å². The summed E-state index contributed by atoms with van der Waals surface area (Å²) in [6, 6.07) is 23.8. The number of hydrogen-bond acceptors (Lipinski definition) is 10. The number of amides is 2. The van der Waals surface area contributed by atoms with Gasteiger partial charge in [-0.2, -0.15) is 0 Å². The van der Waals surface area contributed by atoms with E-state index in [0.717, 1.165) is 27.8 Å². The third-order valence-corrected chi connectivity index (χ3v) is 10.5. The van der Waals surface area contributed by atoms with Gasteiger partial charge < -0.3 is 29.6 Å². The Morgan fingerprint density at radius 1 is 0.741 bits per heavy atom. The summed E-state index contributed by atoms with van der Waals surface area (Å²) in [5.74, 6) is -4.89. The van der Waals surface area contributed by atoms with Crippen LogP contribution in [0.3, 0.4) is 0 Å². The van der Waals surface area contributed by atoms with Crippen molar-refractivity contribution in [3.05, 3.63) is 95.6 Å². The summed E-state index contributed by atoms with van der Waals surface area (Å²) in [5.41, 5.74) is 1.84. The van der Waals surface area contributed by atoms with Crippen molar-refractivity contribution in [1.82, 2.24) is 10.6 Å². The number of ether oxygens (including phenoxy) is 4. The number of alkyl carbamates (subject to hydrolysis) is 1. The first-order valence-corrected chi connectivity index (χ1v) is 19.9. The summed E-state index contributed by atoms with van der Waals surface area (Å²) >= 11 is 0. The minimum Gasteiger partial charge on any atom is -0.469 e. The zero-order valence-electron chi connectivity index (χ0n) is 34.6. The highest BCUT2D eigenvalue weighted by molar-refractivity contribution is 5.96. The Kier molecular flexibility index (Phi) is 13.8. The van der Waals surface area contributed by atoms with Crippen LogP contribution in [0.4, 0.5) is 4.79 Å². The maximum Gasteiger partial charge on any atom is 0.408 e. The van der Waals surface area contributed by atoms with Crippen LogP contribution < -0.4 is 10.6 Å². The highest BCUT2D eigenvalue weighted by Gasteiger charge is 2.47. The van der Waals surface area contributed by atoms with Crippen LogP contribution in [-0.2, 0) is 49.3 Å². The Hall–Kier alpha value is -5.52. The van der Waals surface area contributed by atoms with Crippen LogP contribution >= 0.6 is 0 Å². The molecule has 12 heteroatoms. The lowest BCUT2D eigenvalue weighted by Gasteiger charge is -2.39. The molecule has 0 bridgehead atoms. The van der Waals surface area contributed by atoms with Gasteiger partial charge in [0.05, 0.1) is 31.4 Å². The minimum atomic E-state index is -1.56. The SMILES string of the molecule is COC(=O)[C@H](CC(=O)OC(C)(C)C)CC(=O)[C@H](Cc1ccccc1)NC(=O)C1(NC(=O)OCC2c3ccccc3-c3ccccc32)CCC(C(=O)OC(C)(C)C)CC1. The topological polar surface area (TPSA) is 163 Å². The Bertz CT molecular complexity index is 1930. The van der Waals surface area contributed by atoms with Gasteiger partial charge in [0, 0.05) is 12.3 Å². The number of Topliss-reactive ketones (excluding diaryl/α,β-unsaturated/α-hetero) is 1. The fourth-order valence-corrected chi connectivity index (χ4v) is 7.74. The number of benzene rings is 3. The van der Waals surface area contributed by atoms with E-state index >= 15 is 0 Å². The van der Waals surface area contributed by atoms with Gasteiger partial charge in [0.2, 0.25) is 5.91 Å². The van der Waals surface area contributed by atoms with Crippen LogP contribution in [0.5, 0.6) is 0 Å². The second-order valence-electron chi connectivity index (χ2n) is 17.2. The first-order chi connectivity index (χ1) is 27.4. The standard InChI is InChI=1S/C46H56N2O10/c1-44(2,3)57-39(50)27-31(40(51)55-7)26-38(49)37(25-29-15-9-8-10-16-29)47-42(53)46(23-21-30(22-24-46)41(52)58-45(4,5)6)48-43(54)56-28-36-34-19-13-11-17-32(34)33-18-12-14-20-35(33)36/h8-20,30-31,36-37H,21-28H2,1-7H3,(H,47,53)(H,48,54)/t30?,31-,37-,46?/m0/s1. The number of fused-ring (bicyclic) bond motifs is 3. The quantitative estimate of drug-likeness (QED) is 0.128. The van der Waals surface area contributed by atoms with Gasteiger partial charge in [0.1, 0.15) is 23.3 Å². The normalized spacial score (nSPS) is 18.7. The van der Waals surface area contributed by atoms with Gasteiger partial charge in [-0.3, -0.25) is 24.0 Å². The Morgan fingerprint density at radius 3 is 1.84 bits per heavy atom. The van der Waals surface area contributed by atoms with Crippen molar-refractivity contribution in [3.63, 3.8) is 0 Å². The number of ketones is 1. The van der Waals surface area contributed by atoms with Gasteiger partial charge >= 0.3 is 24.0 Å². The molecule has 1 fully saturated rings. The van der Waals surface area contributed by atoms with Crippen LogP contribution in [0.2, 0.25) is 0 Å². The summed E-state index contributed by atoms with van der Waals surface area (Å²) in [6.07, 6.45) is -1.01. The zero-order chi connectivity index (χ0) is 42.3. The summed E-state index contributed by atoms with van der Waals surface area (Å²) in [5, 5.41) is 5.76. The maximum atomic E-state index is 14.6. The van der Waals surface area contributed by atoms with Crippen molar-refractivity contribution in [1.29, 1.82) is 0 Å². The lowest BCUT2D eigenvalue weighted by Crippen LogP contribution is -2.63. The molecule has 12 nitrogen and oxygen atoms in total. The van der Waals surface area contributed by atoms with E-state index in [1.165, 1.54) is 7.11 Å². The monoisotopic (exact) mass is 796 g/mol. The number of carbonyl (C=O) groups is 6. The Morgan fingerprint density at radius 2 is 1.29 bits per heavy atom. The van der Waals surface area contributed by atoms with Crippen LogP contribution in [0.25, 0.3) is 11.1 Å². The van der Waals surface area contributed by atoms with Crippen molar-refractivity contribution in [2.75, 3.05) is 13.7 Å². The molecule has 2 atom stereocenters. The maximum absolute atomic E-state index is 14.6. The number of hydrogen-bond donors (Lipinski definition) is 2. The van der Waals surface area contributed by atoms with E-state index in [2.05, 4.69) is 10.6 Å². The molecule has 0 heterocycles. The number of rotatable bonds is 14. The van der Waals surface area contributed by atoms with Crippen molar-refractivity contribution in [3.8, 4) is 11.1 Å². The molecule has 3 aromatic rings. The predicted molar refractivity (Wildman–Crippen MR) is 216 cm³/mol. The average Bonchev–Trinajstić information content (AvgIpc) is 3.48. The van der Waals surface area contributed by atoms with Crippen LogP contribution in [0.1, 0.15) is 103 Å². The van der Waals surface area contributed by atoms with E-state index in [1.807, 2.05) is 66.7 Å². The van der Waals surface area contributed by atoms with Crippen molar-refractivity contribution < 1.29 is 47.7 Å². The molecule has 0 unspecified atom stereocenters. The fourth-order valence-electron chi connectivity index (χ4n) is 7.74. The fraction of sp³-hybridized carbons (Fsp3) is 0.478. The lowest BCUT2D eigenvalue weighted by atomic mass is 9.75. The molecule has 0 spiro atoms. The molecule has 0 saturated heterocycles. The number of methoxy groups -OCH3 is 1. The van der Waals surface area contributed by atoms with E-state index in [9.17, 15) is 28.8 Å². The van der Waals surface area contributed by atoms with Crippen LogP contribution in [0.15, 0.2) is 78.9 Å². The average molecular weight is 797 g/mol. The molecule has 0 aromatic heterocycles. The third kappa shape index (κ3) is 11.3. The van der Waals surface area contributed by atoms with Gasteiger partial charge in [-0.05, 0) is 101 Å². The third-order valence-electron chi connectivity index (χ3n) is 10.5. The zero-order valence-corrected chi connectivity index (χ0v) is 34.6. The number of carbonyl (C=O) groups excluding carboxylic acids is 6. The largest absolute Gasteiger partial charge is 0.469 e. The molecule has 2 aliphatic carbocycles. The second kappa shape index (κ2) is 18.4.